The number of carbonyl (C=O) groups excluding carboxylic acids is 1. The van der Waals surface area contributed by atoms with Crippen LogP contribution < -0.4 is 0 Å². The molecule has 1 unspecified atom stereocenters. The van der Waals surface area contributed by atoms with Crippen molar-refractivity contribution in [1.29, 1.82) is 0 Å². The van der Waals surface area contributed by atoms with Crippen LogP contribution in [0.3, 0.4) is 0 Å². The van der Waals surface area contributed by atoms with E-state index in [1.54, 1.807) is 6.92 Å². The van der Waals surface area contributed by atoms with Crippen molar-refractivity contribution >= 4 is 5.97 Å². The van der Waals surface area contributed by atoms with Crippen LogP contribution in [0.5, 0.6) is 0 Å². The van der Waals surface area contributed by atoms with Gasteiger partial charge in [0.15, 0.2) is 0 Å². The molecule has 3 heteroatoms. The van der Waals surface area contributed by atoms with Crippen LogP contribution in [0.2, 0.25) is 0 Å². The molecule has 1 atom stereocenters. The highest BCUT2D eigenvalue weighted by Crippen LogP contribution is 2.04. The van der Waals surface area contributed by atoms with Gasteiger partial charge >= 0.3 is 5.97 Å². The van der Waals surface area contributed by atoms with Crippen molar-refractivity contribution in [2.24, 2.45) is 0 Å². The minimum Gasteiger partial charge on any atom is -0.466 e. The minimum absolute atomic E-state index is 0.166. The first-order chi connectivity index (χ1) is 5.70. The molecule has 0 amide bonds. The monoisotopic (exact) mass is 174 g/mol. The van der Waals surface area contributed by atoms with Crippen LogP contribution in [0.25, 0.3) is 0 Å². The van der Waals surface area contributed by atoms with E-state index in [9.17, 15) is 4.79 Å². The number of ether oxygens (including phenoxy) is 1. The van der Waals surface area contributed by atoms with Crippen LogP contribution in [0, 0.1) is 0 Å². The van der Waals surface area contributed by atoms with Crippen molar-refractivity contribution in [3.63, 3.8) is 0 Å². The summed E-state index contributed by atoms with van der Waals surface area (Å²) in [6.07, 6.45) is 2.32. The zero-order chi connectivity index (χ0) is 9.40. The maximum atomic E-state index is 10.8. The lowest BCUT2D eigenvalue weighted by Gasteiger charge is -2.06. The lowest BCUT2D eigenvalue weighted by atomic mass is 10.1. The van der Waals surface area contributed by atoms with E-state index >= 15 is 0 Å². The van der Waals surface area contributed by atoms with Crippen LogP contribution >= 0.6 is 0 Å². The van der Waals surface area contributed by atoms with Crippen molar-refractivity contribution in [3.8, 4) is 0 Å². The molecule has 0 radical (unpaired) electrons. The average Bonchev–Trinajstić information content (AvgIpc) is 2.04. The molecule has 0 aromatic rings. The van der Waals surface area contributed by atoms with Gasteiger partial charge < -0.3 is 9.84 Å². The molecule has 0 aromatic heterocycles. The first-order valence-corrected chi connectivity index (χ1v) is 4.54. The maximum absolute atomic E-state index is 10.8. The minimum atomic E-state index is -0.264. The number of aliphatic hydroxyl groups is 1. The second-order valence-electron chi connectivity index (χ2n) is 2.76. The van der Waals surface area contributed by atoms with E-state index in [0.29, 0.717) is 25.9 Å². The molecule has 0 aliphatic heterocycles. The molecule has 0 saturated heterocycles. The summed E-state index contributed by atoms with van der Waals surface area (Å²) >= 11 is 0. The molecule has 0 aromatic carbocycles. The summed E-state index contributed by atoms with van der Waals surface area (Å²) in [6, 6.07) is 0. The Balaban J connectivity index is 3.24. The Labute approximate surface area is 73.7 Å². The molecule has 12 heavy (non-hydrogen) atoms. The predicted octanol–water partition coefficient (Wildman–Crippen LogP) is 1.49. The number of carbonyl (C=O) groups is 1. The highest BCUT2D eigenvalue weighted by atomic mass is 16.5. The lowest BCUT2D eigenvalue weighted by Crippen LogP contribution is -2.07. The standard InChI is InChI=1S/C9H18O3/c1-3-8(10)6-5-7-9(11)12-4-2/h8,10H,3-7H2,1-2H3. The largest absolute Gasteiger partial charge is 0.466 e. The second kappa shape index (κ2) is 7.10. The zero-order valence-corrected chi connectivity index (χ0v) is 7.88. The summed E-state index contributed by atoms with van der Waals surface area (Å²) in [6.45, 7) is 4.16. The molecule has 0 heterocycles. The van der Waals surface area contributed by atoms with E-state index in [4.69, 9.17) is 9.84 Å². The Morgan fingerprint density at radius 1 is 1.50 bits per heavy atom. The Hall–Kier alpha value is -0.570. The first kappa shape index (κ1) is 11.4. The zero-order valence-electron chi connectivity index (χ0n) is 7.88. The molecule has 0 saturated carbocycles. The summed E-state index contributed by atoms with van der Waals surface area (Å²) in [4.78, 5) is 10.8. The molecule has 1 N–H and O–H groups in total. The first-order valence-electron chi connectivity index (χ1n) is 4.54. The third kappa shape index (κ3) is 6.16. The molecule has 3 nitrogen and oxygen atoms in total. The van der Waals surface area contributed by atoms with E-state index in [1.807, 2.05) is 6.92 Å². The smallest absolute Gasteiger partial charge is 0.305 e. The van der Waals surface area contributed by atoms with E-state index in [0.717, 1.165) is 6.42 Å². The van der Waals surface area contributed by atoms with Gasteiger partial charge in [0.05, 0.1) is 12.7 Å². The SMILES string of the molecule is CCOC(=O)CCCC(O)CC. The number of aliphatic hydroxyl groups excluding tert-OH is 1. The molecule has 0 bridgehead atoms. The number of esters is 1. The molecular formula is C9H18O3. The van der Waals surface area contributed by atoms with E-state index < -0.39 is 0 Å². The molecular weight excluding hydrogens is 156 g/mol. The molecule has 0 fully saturated rings. The second-order valence-corrected chi connectivity index (χ2v) is 2.76. The third-order valence-corrected chi connectivity index (χ3v) is 1.69. The fourth-order valence-electron chi connectivity index (χ4n) is 0.919. The Kier molecular flexibility index (Phi) is 6.76. The highest BCUT2D eigenvalue weighted by Gasteiger charge is 2.04. The summed E-state index contributed by atoms with van der Waals surface area (Å²) in [5.74, 6) is -0.166. The van der Waals surface area contributed by atoms with Gasteiger partial charge in [-0.1, -0.05) is 6.92 Å². The summed E-state index contributed by atoms with van der Waals surface area (Å²) < 4.78 is 4.74. The van der Waals surface area contributed by atoms with Gasteiger partial charge in [-0.3, -0.25) is 4.79 Å². The van der Waals surface area contributed by atoms with Crippen molar-refractivity contribution < 1.29 is 14.6 Å². The molecule has 0 spiro atoms. The van der Waals surface area contributed by atoms with Crippen LogP contribution in [0.15, 0.2) is 0 Å². The molecule has 72 valence electrons. The fraction of sp³-hybridized carbons (Fsp3) is 0.889. The average molecular weight is 174 g/mol. The number of hydrogen-bond donors (Lipinski definition) is 1. The van der Waals surface area contributed by atoms with Crippen LogP contribution in [-0.4, -0.2) is 23.8 Å². The Bertz CT molecular complexity index is 123. The summed E-state index contributed by atoms with van der Waals surface area (Å²) in [5, 5.41) is 9.15. The Morgan fingerprint density at radius 2 is 2.17 bits per heavy atom. The third-order valence-electron chi connectivity index (χ3n) is 1.69. The number of rotatable bonds is 6. The predicted molar refractivity (Wildman–Crippen MR) is 46.8 cm³/mol. The van der Waals surface area contributed by atoms with Crippen molar-refractivity contribution in [2.45, 2.75) is 45.6 Å². The van der Waals surface area contributed by atoms with E-state index in [2.05, 4.69) is 0 Å². The molecule has 0 aliphatic carbocycles. The quantitative estimate of drug-likeness (QED) is 0.620. The molecule has 0 aliphatic rings. The van der Waals surface area contributed by atoms with Crippen molar-refractivity contribution in [1.82, 2.24) is 0 Å². The molecule has 0 rings (SSSR count). The summed E-state index contributed by atoms with van der Waals surface area (Å²) in [7, 11) is 0. The van der Waals surface area contributed by atoms with Crippen LogP contribution in [0.4, 0.5) is 0 Å². The van der Waals surface area contributed by atoms with Gasteiger partial charge in [0, 0.05) is 6.42 Å². The van der Waals surface area contributed by atoms with Gasteiger partial charge in [0.25, 0.3) is 0 Å². The topological polar surface area (TPSA) is 46.5 Å². The van der Waals surface area contributed by atoms with Gasteiger partial charge in [-0.2, -0.15) is 0 Å². The van der Waals surface area contributed by atoms with Gasteiger partial charge in [0.1, 0.15) is 0 Å². The lowest BCUT2D eigenvalue weighted by molar-refractivity contribution is -0.143. The van der Waals surface area contributed by atoms with E-state index in [1.165, 1.54) is 0 Å². The van der Waals surface area contributed by atoms with Gasteiger partial charge in [0.2, 0.25) is 0 Å². The normalized spacial score (nSPS) is 12.6. The van der Waals surface area contributed by atoms with Gasteiger partial charge in [-0.25, -0.2) is 0 Å². The van der Waals surface area contributed by atoms with Gasteiger partial charge in [-0.15, -0.1) is 0 Å². The van der Waals surface area contributed by atoms with Crippen molar-refractivity contribution in [2.75, 3.05) is 6.61 Å². The van der Waals surface area contributed by atoms with Crippen molar-refractivity contribution in [3.05, 3.63) is 0 Å². The van der Waals surface area contributed by atoms with E-state index in [-0.39, 0.29) is 12.1 Å². The fourth-order valence-corrected chi connectivity index (χ4v) is 0.919. The highest BCUT2D eigenvalue weighted by molar-refractivity contribution is 5.69. The Morgan fingerprint density at radius 3 is 2.67 bits per heavy atom. The maximum Gasteiger partial charge on any atom is 0.305 e. The van der Waals surface area contributed by atoms with Gasteiger partial charge in [-0.05, 0) is 26.2 Å². The van der Waals surface area contributed by atoms with Crippen LogP contribution in [-0.2, 0) is 9.53 Å². The van der Waals surface area contributed by atoms with Crippen LogP contribution in [0.1, 0.15) is 39.5 Å². The number of hydrogen-bond acceptors (Lipinski definition) is 3. The summed E-state index contributed by atoms with van der Waals surface area (Å²) in [5.41, 5.74) is 0.